The number of carbonyl (C=O) groups excluding carboxylic acids is 2. The van der Waals surface area contributed by atoms with Crippen molar-refractivity contribution in [3.05, 3.63) is 0 Å². The smallest absolute Gasteiger partial charge is 0.306 e. The summed E-state index contributed by atoms with van der Waals surface area (Å²) in [5.74, 6) is -0.567. The third-order valence-corrected chi connectivity index (χ3v) is 11.9. The van der Waals surface area contributed by atoms with E-state index in [1.807, 2.05) is 0 Å². The van der Waals surface area contributed by atoms with Crippen LogP contribution in [0.15, 0.2) is 0 Å². The zero-order valence-corrected chi connectivity index (χ0v) is 38.2. The average molecular weight is 793 g/mol. The Balaban J connectivity index is 3.40. The second-order valence-electron chi connectivity index (χ2n) is 17.6. The Morgan fingerprint density at radius 2 is 0.554 bits per heavy atom. The molecule has 0 aliphatic rings. The summed E-state index contributed by atoms with van der Waals surface area (Å²) in [6.07, 6.45) is 56.3. The van der Waals surface area contributed by atoms with E-state index < -0.39 is 6.10 Å². The monoisotopic (exact) mass is 793 g/mol. The van der Waals surface area contributed by atoms with Crippen molar-refractivity contribution in [2.45, 2.75) is 302 Å². The van der Waals surface area contributed by atoms with Gasteiger partial charge in [0.25, 0.3) is 0 Å². The molecular formula is C51H100O5. The second-order valence-corrected chi connectivity index (χ2v) is 17.6. The number of carbonyl (C=O) groups is 2. The van der Waals surface area contributed by atoms with Gasteiger partial charge in [-0.25, -0.2) is 0 Å². The molecular weight excluding hydrogens is 693 g/mol. The van der Waals surface area contributed by atoms with Crippen molar-refractivity contribution < 1.29 is 24.2 Å². The van der Waals surface area contributed by atoms with Crippen LogP contribution in [0.25, 0.3) is 0 Å². The molecule has 0 aromatic rings. The van der Waals surface area contributed by atoms with Gasteiger partial charge in [-0.1, -0.05) is 271 Å². The predicted octanol–water partition coefficient (Wildman–Crippen LogP) is 16.6. The average Bonchev–Trinajstić information content (AvgIpc) is 3.20. The fourth-order valence-electron chi connectivity index (χ4n) is 8.03. The molecule has 0 saturated heterocycles. The minimum Gasteiger partial charge on any atom is -0.462 e. The van der Waals surface area contributed by atoms with Crippen LogP contribution in [0.3, 0.4) is 0 Å². The number of rotatable bonds is 48. The van der Waals surface area contributed by atoms with E-state index in [0.717, 1.165) is 32.1 Å². The van der Waals surface area contributed by atoms with E-state index in [-0.39, 0.29) is 25.2 Å². The highest BCUT2D eigenvalue weighted by Crippen LogP contribution is 2.17. The first-order valence-corrected chi connectivity index (χ1v) is 25.6. The van der Waals surface area contributed by atoms with E-state index in [2.05, 4.69) is 13.8 Å². The standard InChI is InChI=1S/C51H100O5/c1-3-5-7-9-11-13-15-17-19-21-22-23-24-25-26-27-28-29-30-32-34-36-38-40-42-44-46-51(54)56-49(47-52)48-55-50(53)45-43-41-39-37-35-33-31-20-18-16-14-12-10-8-6-4-2/h49,52H,3-48H2,1-2H3. The molecule has 0 fully saturated rings. The molecule has 0 heterocycles. The quantitative estimate of drug-likeness (QED) is 0.0491. The van der Waals surface area contributed by atoms with Crippen LogP contribution in [0.4, 0.5) is 0 Å². The number of hydrogen-bond acceptors (Lipinski definition) is 5. The minimum absolute atomic E-state index is 0.0561. The number of ether oxygens (including phenoxy) is 2. The summed E-state index contributed by atoms with van der Waals surface area (Å²) in [5.41, 5.74) is 0. The summed E-state index contributed by atoms with van der Waals surface area (Å²) in [5, 5.41) is 9.61. The van der Waals surface area contributed by atoms with E-state index in [4.69, 9.17) is 9.47 Å². The van der Waals surface area contributed by atoms with Gasteiger partial charge in [0, 0.05) is 12.8 Å². The predicted molar refractivity (Wildman–Crippen MR) is 242 cm³/mol. The van der Waals surface area contributed by atoms with E-state index in [9.17, 15) is 14.7 Å². The van der Waals surface area contributed by atoms with Crippen molar-refractivity contribution in [3.63, 3.8) is 0 Å². The SMILES string of the molecule is CCCCCCCCCCCCCCCCCCCCCCCCCCCCC(=O)OC(CO)COC(=O)CCCCCCCCCCCCCCCCCC. The van der Waals surface area contributed by atoms with Crippen LogP contribution in [-0.4, -0.2) is 36.4 Å². The summed E-state index contributed by atoms with van der Waals surface area (Å²) in [7, 11) is 0. The Labute approximate surface area is 350 Å². The van der Waals surface area contributed by atoms with Crippen LogP contribution in [0.2, 0.25) is 0 Å². The molecule has 0 saturated carbocycles. The Hall–Kier alpha value is -1.10. The molecule has 1 atom stereocenters. The molecule has 0 spiro atoms. The van der Waals surface area contributed by atoms with E-state index in [0.29, 0.717) is 12.8 Å². The maximum Gasteiger partial charge on any atom is 0.306 e. The van der Waals surface area contributed by atoms with Gasteiger partial charge >= 0.3 is 11.9 Å². The fraction of sp³-hybridized carbons (Fsp3) is 0.961. The highest BCUT2D eigenvalue weighted by Gasteiger charge is 2.16. The highest BCUT2D eigenvalue weighted by atomic mass is 16.6. The zero-order valence-electron chi connectivity index (χ0n) is 38.2. The van der Waals surface area contributed by atoms with Crippen LogP contribution >= 0.6 is 0 Å². The van der Waals surface area contributed by atoms with Gasteiger partial charge < -0.3 is 14.6 Å². The fourth-order valence-corrected chi connectivity index (χ4v) is 8.03. The number of esters is 2. The number of unbranched alkanes of at least 4 members (excludes halogenated alkanes) is 40. The zero-order chi connectivity index (χ0) is 40.7. The molecule has 0 aromatic heterocycles. The van der Waals surface area contributed by atoms with Crippen LogP contribution in [0, 0.1) is 0 Å². The third kappa shape index (κ3) is 45.6. The largest absolute Gasteiger partial charge is 0.462 e. The minimum atomic E-state index is -0.763. The van der Waals surface area contributed by atoms with Crippen LogP contribution in [0.1, 0.15) is 296 Å². The molecule has 0 amide bonds. The number of aliphatic hydroxyl groups is 1. The van der Waals surface area contributed by atoms with Gasteiger partial charge in [0.05, 0.1) is 6.61 Å². The van der Waals surface area contributed by atoms with Gasteiger partial charge in [-0.15, -0.1) is 0 Å². The molecule has 0 bridgehead atoms. The normalized spacial score (nSPS) is 12.0. The molecule has 5 heteroatoms. The first-order valence-electron chi connectivity index (χ1n) is 25.6. The summed E-state index contributed by atoms with van der Waals surface area (Å²) >= 11 is 0. The van der Waals surface area contributed by atoms with E-state index >= 15 is 0 Å². The van der Waals surface area contributed by atoms with E-state index in [1.165, 1.54) is 238 Å². The lowest BCUT2D eigenvalue weighted by Gasteiger charge is -2.15. The molecule has 0 aliphatic heterocycles. The van der Waals surface area contributed by atoms with Gasteiger partial charge in [0.2, 0.25) is 0 Å². The summed E-state index contributed by atoms with van der Waals surface area (Å²) in [6, 6.07) is 0. The van der Waals surface area contributed by atoms with Crippen LogP contribution in [0.5, 0.6) is 0 Å². The molecule has 1 unspecified atom stereocenters. The van der Waals surface area contributed by atoms with Gasteiger partial charge in [0.15, 0.2) is 6.10 Å². The van der Waals surface area contributed by atoms with Gasteiger partial charge in [0.1, 0.15) is 6.61 Å². The van der Waals surface area contributed by atoms with Crippen molar-refractivity contribution in [2.75, 3.05) is 13.2 Å². The van der Waals surface area contributed by atoms with Crippen molar-refractivity contribution in [1.82, 2.24) is 0 Å². The van der Waals surface area contributed by atoms with Gasteiger partial charge in [-0.05, 0) is 12.8 Å². The molecule has 334 valence electrons. The molecule has 0 aromatic carbocycles. The number of aliphatic hydroxyl groups excluding tert-OH is 1. The molecule has 0 aliphatic carbocycles. The van der Waals surface area contributed by atoms with E-state index in [1.54, 1.807) is 0 Å². The molecule has 0 radical (unpaired) electrons. The topological polar surface area (TPSA) is 72.8 Å². The Bertz CT molecular complexity index is 769. The maximum atomic E-state index is 12.3. The Morgan fingerprint density at radius 3 is 0.786 bits per heavy atom. The third-order valence-electron chi connectivity index (χ3n) is 11.9. The lowest BCUT2D eigenvalue weighted by atomic mass is 10.0. The first kappa shape index (κ1) is 54.9. The maximum absolute atomic E-state index is 12.3. The lowest BCUT2D eigenvalue weighted by Crippen LogP contribution is -2.28. The van der Waals surface area contributed by atoms with Crippen molar-refractivity contribution in [2.24, 2.45) is 0 Å². The first-order chi connectivity index (χ1) is 27.6. The van der Waals surface area contributed by atoms with Crippen molar-refractivity contribution in [1.29, 1.82) is 0 Å². The molecule has 5 nitrogen and oxygen atoms in total. The summed E-state index contributed by atoms with van der Waals surface area (Å²) < 4.78 is 10.7. The van der Waals surface area contributed by atoms with Crippen LogP contribution in [-0.2, 0) is 19.1 Å². The Kier molecular flexibility index (Phi) is 47.3. The van der Waals surface area contributed by atoms with Gasteiger partial charge in [-0.3, -0.25) is 9.59 Å². The lowest BCUT2D eigenvalue weighted by molar-refractivity contribution is -0.161. The summed E-state index contributed by atoms with van der Waals surface area (Å²) in [4.78, 5) is 24.4. The summed E-state index contributed by atoms with van der Waals surface area (Å²) in [6.45, 7) is 4.19. The van der Waals surface area contributed by atoms with Crippen LogP contribution < -0.4 is 0 Å². The molecule has 56 heavy (non-hydrogen) atoms. The second kappa shape index (κ2) is 48.3. The molecule has 0 rings (SSSR count). The van der Waals surface area contributed by atoms with Gasteiger partial charge in [-0.2, -0.15) is 0 Å². The Morgan fingerprint density at radius 1 is 0.339 bits per heavy atom. The highest BCUT2D eigenvalue weighted by molar-refractivity contribution is 5.70. The number of hydrogen-bond donors (Lipinski definition) is 1. The van der Waals surface area contributed by atoms with Crippen molar-refractivity contribution >= 4 is 11.9 Å². The van der Waals surface area contributed by atoms with Crippen molar-refractivity contribution in [3.8, 4) is 0 Å². The molecule has 1 N–H and O–H groups in total.